The van der Waals surface area contributed by atoms with Gasteiger partial charge in [0, 0.05) is 11.5 Å². The Morgan fingerprint density at radius 1 is 1.47 bits per heavy atom. The molecule has 0 heterocycles. The summed E-state index contributed by atoms with van der Waals surface area (Å²) in [5, 5.41) is 0. The highest BCUT2D eigenvalue weighted by molar-refractivity contribution is 6.03. The molecule has 15 heavy (non-hydrogen) atoms. The van der Waals surface area contributed by atoms with Crippen LogP contribution in [-0.2, 0) is 11.2 Å². The number of ether oxygens (including phenoxy) is 1. The average Bonchev–Trinajstić information content (AvgIpc) is 2.53. The number of carbonyl (C=O) groups is 2. The maximum Gasteiger partial charge on any atom is 0.337 e. The minimum Gasteiger partial charge on any atom is -0.465 e. The first-order chi connectivity index (χ1) is 7.13. The first-order valence-electron chi connectivity index (χ1n) is 4.89. The number of carbonyl (C=O) groups excluding carboxylic acids is 2. The van der Waals surface area contributed by atoms with Crippen LogP contribution in [0.3, 0.4) is 0 Å². The number of ketones is 1. The first kappa shape index (κ1) is 9.90. The largest absolute Gasteiger partial charge is 0.465 e. The van der Waals surface area contributed by atoms with Gasteiger partial charge in [0.15, 0.2) is 5.78 Å². The van der Waals surface area contributed by atoms with Crippen molar-refractivity contribution in [2.75, 3.05) is 7.11 Å². The zero-order chi connectivity index (χ0) is 11.0. The van der Waals surface area contributed by atoms with Crippen LogP contribution in [0.1, 0.15) is 33.2 Å². The molecular weight excluding hydrogens is 192 g/mol. The SMILES string of the molecule is COC(=O)c1ccc2c(c1)CC(C)C2=O. The Morgan fingerprint density at radius 2 is 2.20 bits per heavy atom. The second-order valence-corrected chi connectivity index (χ2v) is 3.83. The zero-order valence-corrected chi connectivity index (χ0v) is 8.74. The van der Waals surface area contributed by atoms with E-state index in [2.05, 4.69) is 4.74 Å². The van der Waals surface area contributed by atoms with E-state index in [-0.39, 0.29) is 17.7 Å². The van der Waals surface area contributed by atoms with Crippen LogP contribution in [0, 0.1) is 5.92 Å². The molecule has 78 valence electrons. The van der Waals surface area contributed by atoms with Crippen LogP contribution in [0.2, 0.25) is 0 Å². The van der Waals surface area contributed by atoms with Gasteiger partial charge in [-0.3, -0.25) is 4.79 Å². The van der Waals surface area contributed by atoms with Gasteiger partial charge < -0.3 is 4.74 Å². The Hall–Kier alpha value is -1.64. The Morgan fingerprint density at radius 3 is 2.87 bits per heavy atom. The molecule has 1 aliphatic carbocycles. The molecule has 0 radical (unpaired) electrons. The van der Waals surface area contributed by atoms with Gasteiger partial charge in [-0.2, -0.15) is 0 Å². The summed E-state index contributed by atoms with van der Waals surface area (Å²) in [5.41, 5.74) is 2.21. The summed E-state index contributed by atoms with van der Waals surface area (Å²) in [4.78, 5) is 22.9. The van der Waals surface area contributed by atoms with E-state index >= 15 is 0 Å². The van der Waals surface area contributed by atoms with Crippen LogP contribution in [0.15, 0.2) is 18.2 Å². The van der Waals surface area contributed by atoms with Gasteiger partial charge in [-0.05, 0) is 24.1 Å². The Balaban J connectivity index is 2.42. The minimum atomic E-state index is -0.357. The highest BCUT2D eigenvalue weighted by Crippen LogP contribution is 2.27. The van der Waals surface area contributed by atoms with E-state index in [0.29, 0.717) is 5.56 Å². The maximum atomic E-state index is 11.6. The highest BCUT2D eigenvalue weighted by atomic mass is 16.5. The summed E-state index contributed by atoms with van der Waals surface area (Å²) >= 11 is 0. The average molecular weight is 204 g/mol. The molecular formula is C12H12O3. The molecule has 0 aromatic heterocycles. The lowest BCUT2D eigenvalue weighted by Gasteiger charge is -2.01. The first-order valence-corrected chi connectivity index (χ1v) is 4.89. The van der Waals surface area contributed by atoms with Crippen molar-refractivity contribution in [3.8, 4) is 0 Å². The van der Waals surface area contributed by atoms with Crippen molar-refractivity contribution in [2.45, 2.75) is 13.3 Å². The normalized spacial score (nSPS) is 18.8. The molecule has 3 heteroatoms. The van der Waals surface area contributed by atoms with E-state index in [4.69, 9.17) is 0 Å². The van der Waals surface area contributed by atoms with Gasteiger partial charge in [-0.25, -0.2) is 4.79 Å². The van der Waals surface area contributed by atoms with E-state index in [1.165, 1.54) is 7.11 Å². The fraction of sp³-hybridized carbons (Fsp3) is 0.333. The summed E-state index contributed by atoms with van der Waals surface area (Å²) in [6, 6.07) is 5.11. The van der Waals surface area contributed by atoms with Gasteiger partial charge in [0.1, 0.15) is 0 Å². The fourth-order valence-corrected chi connectivity index (χ4v) is 1.94. The van der Waals surface area contributed by atoms with Gasteiger partial charge >= 0.3 is 5.97 Å². The van der Waals surface area contributed by atoms with Crippen molar-refractivity contribution in [3.05, 3.63) is 34.9 Å². The number of rotatable bonds is 1. The second kappa shape index (κ2) is 3.50. The summed E-state index contributed by atoms with van der Waals surface area (Å²) in [6.45, 7) is 1.90. The smallest absolute Gasteiger partial charge is 0.337 e. The molecule has 1 aromatic carbocycles. The standard InChI is InChI=1S/C12H12O3/c1-7-5-9-6-8(12(14)15-2)3-4-10(9)11(7)13/h3-4,6-7H,5H2,1-2H3. The number of methoxy groups -OCH3 is 1. The van der Waals surface area contributed by atoms with Gasteiger partial charge in [0.25, 0.3) is 0 Å². The molecule has 1 atom stereocenters. The number of fused-ring (bicyclic) bond motifs is 1. The third-order valence-electron chi connectivity index (χ3n) is 2.77. The van der Waals surface area contributed by atoms with E-state index in [1.54, 1.807) is 18.2 Å². The van der Waals surface area contributed by atoms with E-state index in [1.807, 2.05) is 6.92 Å². The van der Waals surface area contributed by atoms with Crippen molar-refractivity contribution in [1.82, 2.24) is 0 Å². The summed E-state index contributed by atoms with van der Waals surface area (Å²) in [6.07, 6.45) is 0.721. The molecule has 3 nitrogen and oxygen atoms in total. The molecule has 0 saturated heterocycles. The van der Waals surface area contributed by atoms with E-state index < -0.39 is 0 Å². The van der Waals surface area contributed by atoms with Gasteiger partial charge in [-0.15, -0.1) is 0 Å². The molecule has 1 aliphatic rings. The Kier molecular flexibility index (Phi) is 2.31. The van der Waals surface area contributed by atoms with Crippen LogP contribution in [0.5, 0.6) is 0 Å². The van der Waals surface area contributed by atoms with Crippen LogP contribution >= 0.6 is 0 Å². The molecule has 0 fully saturated rings. The summed E-state index contributed by atoms with van der Waals surface area (Å²) in [7, 11) is 1.35. The zero-order valence-electron chi connectivity index (χ0n) is 8.74. The van der Waals surface area contributed by atoms with Crippen LogP contribution in [-0.4, -0.2) is 18.9 Å². The van der Waals surface area contributed by atoms with Crippen LogP contribution in [0.4, 0.5) is 0 Å². The third kappa shape index (κ3) is 1.54. The predicted octanol–water partition coefficient (Wildman–Crippen LogP) is 1.85. The van der Waals surface area contributed by atoms with Gasteiger partial charge in [0.2, 0.25) is 0 Å². The van der Waals surface area contributed by atoms with Crippen molar-refractivity contribution >= 4 is 11.8 Å². The topological polar surface area (TPSA) is 43.4 Å². The molecule has 0 amide bonds. The van der Waals surface area contributed by atoms with Crippen molar-refractivity contribution in [3.63, 3.8) is 0 Å². The second-order valence-electron chi connectivity index (χ2n) is 3.83. The number of hydrogen-bond acceptors (Lipinski definition) is 3. The van der Waals surface area contributed by atoms with E-state index in [9.17, 15) is 9.59 Å². The highest BCUT2D eigenvalue weighted by Gasteiger charge is 2.27. The predicted molar refractivity (Wildman–Crippen MR) is 55.0 cm³/mol. The van der Waals surface area contributed by atoms with E-state index in [0.717, 1.165) is 17.5 Å². The van der Waals surface area contributed by atoms with Gasteiger partial charge in [-0.1, -0.05) is 13.0 Å². The number of esters is 1. The Bertz CT molecular complexity index is 434. The maximum absolute atomic E-state index is 11.6. The molecule has 1 unspecified atom stereocenters. The molecule has 0 spiro atoms. The minimum absolute atomic E-state index is 0.0351. The lowest BCUT2D eigenvalue weighted by atomic mass is 10.1. The third-order valence-corrected chi connectivity index (χ3v) is 2.77. The lowest BCUT2D eigenvalue weighted by Crippen LogP contribution is -2.03. The monoisotopic (exact) mass is 204 g/mol. The molecule has 1 aromatic rings. The van der Waals surface area contributed by atoms with Crippen molar-refractivity contribution < 1.29 is 14.3 Å². The number of Topliss-reactive ketones (excluding diaryl/α,β-unsaturated/α-hetero) is 1. The molecule has 2 rings (SSSR count). The molecule has 0 N–H and O–H groups in total. The quantitative estimate of drug-likeness (QED) is 0.655. The number of hydrogen-bond donors (Lipinski definition) is 0. The summed E-state index contributed by atoms with van der Waals surface area (Å²) in [5.74, 6) is -0.154. The van der Waals surface area contributed by atoms with Crippen molar-refractivity contribution in [1.29, 1.82) is 0 Å². The molecule has 0 bridgehead atoms. The lowest BCUT2D eigenvalue weighted by molar-refractivity contribution is 0.0600. The fourth-order valence-electron chi connectivity index (χ4n) is 1.94. The molecule has 0 aliphatic heterocycles. The molecule has 0 saturated carbocycles. The van der Waals surface area contributed by atoms with Crippen LogP contribution < -0.4 is 0 Å². The Labute approximate surface area is 88.1 Å². The van der Waals surface area contributed by atoms with Gasteiger partial charge in [0.05, 0.1) is 12.7 Å². The summed E-state index contributed by atoms with van der Waals surface area (Å²) < 4.78 is 4.63. The number of benzene rings is 1. The van der Waals surface area contributed by atoms with Crippen molar-refractivity contribution in [2.24, 2.45) is 5.92 Å². The van der Waals surface area contributed by atoms with Crippen LogP contribution in [0.25, 0.3) is 0 Å².